The SMILES string of the molecule is Cl.O=C(NC1CCCNC1)C1Cc2cc(Cl)ccc2O1. The predicted molar refractivity (Wildman–Crippen MR) is 80.9 cm³/mol. The number of nitrogens with one attached hydrogen (secondary N) is 2. The van der Waals surface area contributed by atoms with Gasteiger partial charge in [-0.2, -0.15) is 0 Å². The summed E-state index contributed by atoms with van der Waals surface area (Å²) in [6, 6.07) is 5.70. The first kappa shape index (κ1) is 15.4. The van der Waals surface area contributed by atoms with Crippen molar-refractivity contribution in [3.63, 3.8) is 0 Å². The van der Waals surface area contributed by atoms with Crippen molar-refractivity contribution < 1.29 is 9.53 Å². The molecule has 1 aromatic rings. The highest BCUT2D eigenvalue weighted by Gasteiger charge is 2.30. The van der Waals surface area contributed by atoms with E-state index in [9.17, 15) is 4.79 Å². The van der Waals surface area contributed by atoms with E-state index in [0.29, 0.717) is 11.4 Å². The lowest BCUT2D eigenvalue weighted by Gasteiger charge is -2.25. The van der Waals surface area contributed by atoms with Gasteiger partial charge in [-0.15, -0.1) is 12.4 Å². The van der Waals surface area contributed by atoms with Gasteiger partial charge in [0.15, 0.2) is 6.10 Å². The summed E-state index contributed by atoms with van der Waals surface area (Å²) < 4.78 is 5.67. The van der Waals surface area contributed by atoms with Crippen LogP contribution in [0, 0.1) is 0 Å². The predicted octanol–water partition coefficient (Wildman–Crippen LogP) is 1.93. The molecule has 2 unspecified atom stereocenters. The van der Waals surface area contributed by atoms with Crippen LogP contribution in [-0.2, 0) is 11.2 Å². The number of carbonyl (C=O) groups excluding carboxylic acids is 1. The van der Waals surface area contributed by atoms with Crippen LogP contribution in [0.3, 0.4) is 0 Å². The van der Waals surface area contributed by atoms with Crippen molar-refractivity contribution in [2.24, 2.45) is 0 Å². The topological polar surface area (TPSA) is 50.4 Å². The van der Waals surface area contributed by atoms with Crippen molar-refractivity contribution in [2.75, 3.05) is 13.1 Å². The lowest BCUT2D eigenvalue weighted by Crippen LogP contribution is -2.49. The summed E-state index contributed by atoms with van der Waals surface area (Å²) in [6.45, 7) is 1.88. The minimum atomic E-state index is -0.421. The molecule has 6 heteroatoms. The van der Waals surface area contributed by atoms with E-state index in [1.54, 1.807) is 6.07 Å². The Kier molecular flexibility index (Phi) is 5.13. The lowest BCUT2D eigenvalue weighted by molar-refractivity contribution is -0.128. The second kappa shape index (κ2) is 6.66. The highest BCUT2D eigenvalue weighted by molar-refractivity contribution is 6.30. The van der Waals surface area contributed by atoms with Gasteiger partial charge in [-0.3, -0.25) is 4.79 Å². The minimum Gasteiger partial charge on any atom is -0.480 e. The number of halogens is 2. The second-order valence-corrected chi connectivity index (χ2v) is 5.55. The van der Waals surface area contributed by atoms with Crippen molar-refractivity contribution in [1.82, 2.24) is 10.6 Å². The van der Waals surface area contributed by atoms with Crippen LogP contribution in [0.1, 0.15) is 18.4 Å². The van der Waals surface area contributed by atoms with Crippen molar-refractivity contribution in [3.8, 4) is 5.75 Å². The summed E-state index contributed by atoms with van der Waals surface area (Å²) in [5, 5.41) is 7.01. The molecule has 2 N–H and O–H groups in total. The molecule has 0 aromatic heterocycles. The monoisotopic (exact) mass is 316 g/mol. The number of amides is 1. The van der Waals surface area contributed by atoms with E-state index < -0.39 is 6.10 Å². The molecule has 0 radical (unpaired) electrons. The van der Waals surface area contributed by atoms with Crippen LogP contribution in [0.15, 0.2) is 18.2 Å². The number of hydrogen-bond donors (Lipinski definition) is 2. The van der Waals surface area contributed by atoms with Gasteiger partial charge >= 0.3 is 0 Å². The van der Waals surface area contributed by atoms with Crippen molar-refractivity contribution in [1.29, 1.82) is 0 Å². The first-order chi connectivity index (χ1) is 9.22. The van der Waals surface area contributed by atoms with Gasteiger partial charge in [-0.05, 0) is 43.1 Å². The van der Waals surface area contributed by atoms with Crippen LogP contribution < -0.4 is 15.4 Å². The number of benzene rings is 1. The molecule has 1 saturated heterocycles. The normalized spacial score (nSPS) is 24.2. The zero-order valence-electron chi connectivity index (χ0n) is 11.0. The van der Waals surface area contributed by atoms with Crippen LogP contribution in [-0.4, -0.2) is 31.1 Å². The molecule has 2 heterocycles. The van der Waals surface area contributed by atoms with Gasteiger partial charge in [0.05, 0.1) is 0 Å². The van der Waals surface area contributed by atoms with E-state index >= 15 is 0 Å². The summed E-state index contributed by atoms with van der Waals surface area (Å²) in [4.78, 5) is 12.2. The molecule has 0 bridgehead atoms. The molecule has 0 aliphatic carbocycles. The molecule has 3 rings (SSSR count). The number of hydrogen-bond acceptors (Lipinski definition) is 3. The number of piperidine rings is 1. The molecule has 4 nitrogen and oxygen atoms in total. The van der Waals surface area contributed by atoms with Gasteiger partial charge in [0.1, 0.15) is 5.75 Å². The van der Waals surface area contributed by atoms with E-state index in [1.807, 2.05) is 12.1 Å². The first-order valence-corrected chi connectivity index (χ1v) is 7.06. The summed E-state index contributed by atoms with van der Waals surface area (Å²) in [7, 11) is 0. The molecule has 20 heavy (non-hydrogen) atoms. The van der Waals surface area contributed by atoms with Crippen molar-refractivity contribution >= 4 is 29.9 Å². The highest BCUT2D eigenvalue weighted by Crippen LogP contribution is 2.31. The fourth-order valence-corrected chi connectivity index (χ4v) is 2.83. The molecule has 2 aliphatic heterocycles. The fraction of sp³-hybridized carbons (Fsp3) is 0.500. The number of rotatable bonds is 2. The maximum absolute atomic E-state index is 12.2. The third kappa shape index (κ3) is 3.37. The van der Waals surface area contributed by atoms with Crippen molar-refractivity contribution in [3.05, 3.63) is 28.8 Å². The Labute approximate surface area is 129 Å². The second-order valence-electron chi connectivity index (χ2n) is 5.11. The standard InChI is InChI=1S/C14H17ClN2O2.ClH/c15-10-3-4-12-9(6-10)7-13(19-12)14(18)17-11-2-1-5-16-8-11;/h3-4,6,11,13,16H,1-2,5,7-8H2,(H,17,18);1H. The quantitative estimate of drug-likeness (QED) is 0.876. The van der Waals surface area contributed by atoms with E-state index in [-0.39, 0.29) is 24.4 Å². The number of ether oxygens (including phenoxy) is 1. The summed E-state index contributed by atoms with van der Waals surface area (Å²) >= 11 is 5.94. The molecule has 0 spiro atoms. The zero-order chi connectivity index (χ0) is 13.2. The molecule has 1 fully saturated rings. The van der Waals surface area contributed by atoms with Crippen LogP contribution >= 0.6 is 24.0 Å². The van der Waals surface area contributed by atoms with Crippen LogP contribution in [0.25, 0.3) is 0 Å². The van der Waals surface area contributed by atoms with Crippen molar-refractivity contribution in [2.45, 2.75) is 31.4 Å². The molecule has 0 saturated carbocycles. The largest absolute Gasteiger partial charge is 0.480 e. The average Bonchev–Trinajstić information content (AvgIpc) is 2.83. The Morgan fingerprint density at radius 2 is 2.30 bits per heavy atom. The maximum Gasteiger partial charge on any atom is 0.261 e. The van der Waals surface area contributed by atoms with E-state index in [4.69, 9.17) is 16.3 Å². The third-order valence-electron chi connectivity index (χ3n) is 3.63. The summed E-state index contributed by atoms with van der Waals surface area (Å²) in [5.74, 6) is 0.743. The fourth-order valence-electron chi connectivity index (χ4n) is 2.63. The number of fused-ring (bicyclic) bond motifs is 1. The van der Waals surface area contributed by atoms with Gasteiger partial charge in [-0.1, -0.05) is 11.6 Å². The Bertz CT molecular complexity index is 490. The van der Waals surface area contributed by atoms with Gasteiger partial charge in [0.25, 0.3) is 5.91 Å². The smallest absolute Gasteiger partial charge is 0.261 e. The van der Waals surface area contributed by atoms with E-state index in [0.717, 1.165) is 37.2 Å². The van der Waals surface area contributed by atoms with Gasteiger partial charge in [0.2, 0.25) is 0 Å². The van der Waals surface area contributed by atoms with Crippen LogP contribution in [0.5, 0.6) is 5.75 Å². The Morgan fingerprint density at radius 1 is 1.45 bits per heavy atom. The summed E-state index contributed by atoms with van der Waals surface area (Å²) in [5.41, 5.74) is 1.01. The Morgan fingerprint density at radius 3 is 3.05 bits per heavy atom. The molecule has 1 amide bonds. The summed E-state index contributed by atoms with van der Waals surface area (Å²) in [6.07, 6.45) is 2.31. The molecule has 2 atom stereocenters. The molecule has 1 aromatic carbocycles. The van der Waals surface area contributed by atoms with Gasteiger partial charge < -0.3 is 15.4 Å². The molecule has 110 valence electrons. The maximum atomic E-state index is 12.2. The highest BCUT2D eigenvalue weighted by atomic mass is 35.5. The third-order valence-corrected chi connectivity index (χ3v) is 3.87. The van der Waals surface area contributed by atoms with Crippen LogP contribution in [0.4, 0.5) is 0 Å². The van der Waals surface area contributed by atoms with E-state index in [2.05, 4.69) is 10.6 Å². The Hall–Kier alpha value is -0.970. The molecular weight excluding hydrogens is 299 g/mol. The number of carbonyl (C=O) groups is 1. The van der Waals surface area contributed by atoms with Crippen LogP contribution in [0.2, 0.25) is 5.02 Å². The zero-order valence-corrected chi connectivity index (χ0v) is 12.6. The average molecular weight is 317 g/mol. The Balaban J connectivity index is 0.00000147. The molecular formula is C14H18Cl2N2O2. The molecule has 2 aliphatic rings. The minimum absolute atomic E-state index is 0. The first-order valence-electron chi connectivity index (χ1n) is 6.68. The van der Waals surface area contributed by atoms with Gasteiger partial charge in [0, 0.05) is 24.0 Å². The van der Waals surface area contributed by atoms with Gasteiger partial charge in [-0.25, -0.2) is 0 Å². The lowest BCUT2D eigenvalue weighted by atomic mass is 10.1. The van der Waals surface area contributed by atoms with E-state index in [1.165, 1.54) is 0 Å².